The maximum Gasteiger partial charge on any atom is 1.00 e. The van der Waals surface area contributed by atoms with Gasteiger partial charge in [-0.3, -0.25) is 0 Å². The van der Waals surface area contributed by atoms with Crippen molar-refractivity contribution >= 4 is 10.1 Å². The van der Waals surface area contributed by atoms with Crippen LogP contribution in [0.1, 0.15) is 129 Å². The van der Waals surface area contributed by atoms with Gasteiger partial charge in [-0.05, 0) is 32.1 Å². The van der Waals surface area contributed by atoms with Gasteiger partial charge in [-0.2, -0.15) is 0 Å². The second-order valence-electron chi connectivity index (χ2n) is 8.17. The van der Waals surface area contributed by atoms with Gasteiger partial charge in [-0.1, -0.05) is 97.3 Å². The molecule has 6 heteroatoms. The third kappa shape index (κ3) is 20.2. The van der Waals surface area contributed by atoms with Gasteiger partial charge in [0.25, 0.3) is 0 Å². The van der Waals surface area contributed by atoms with Crippen LogP contribution in [0.4, 0.5) is 0 Å². The molecule has 0 aromatic heterocycles. The van der Waals surface area contributed by atoms with Gasteiger partial charge < -0.3 is 9.66 Å². The summed E-state index contributed by atoms with van der Waals surface area (Å²) >= 11 is 0. The minimum absolute atomic E-state index is 0. The molecule has 28 heavy (non-hydrogen) atoms. The van der Waals surface area contributed by atoms with Crippen molar-refractivity contribution in [2.45, 2.75) is 141 Å². The Morgan fingerprint density at radius 3 is 1.50 bits per heavy atom. The van der Waals surface area contributed by atoms with Gasteiger partial charge in [0.15, 0.2) is 0 Å². The van der Waals surface area contributed by atoms with Crippen molar-refractivity contribution in [3.05, 3.63) is 0 Å². The average Bonchev–Trinajstić information content (AvgIpc) is 2.61. The first-order valence-electron chi connectivity index (χ1n) is 11.5. The summed E-state index contributed by atoms with van der Waals surface area (Å²) in [4.78, 5) is 0. The predicted octanol–water partition coefficient (Wildman–Crippen LogP) is 3.33. The molecule has 2 unspecified atom stereocenters. The molecule has 164 valence electrons. The van der Waals surface area contributed by atoms with Crippen molar-refractivity contribution in [3.8, 4) is 0 Å². The summed E-state index contributed by atoms with van der Waals surface area (Å²) in [5.74, 6) is 0. The van der Waals surface area contributed by atoms with Crippen LogP contribution < -0.4 is 29.6 Å². The first-order chi connectivity index (χ1) is 12.9. The van der Waals surface area contributed by atoms with Gasteiger partial charge in [0.05, 0.1) is 16.2 Å². The van der Waals surface area contributed by atoms with Crippen LogP contribution >= 0.6 is 0 Å². The Hall–Kier alpha value is 0.870. The SMILES string of the molecule is CCCCCCCCCCCC(CCCC(O)CCCCCC)S(=O)(=O)[O-].[Na+]. The Bertz CT molecular complexity index is 415. The number of unbranched alkanes of at least 4 members (excludes halogenated alkanes) is 11. The van der Waals surface area contributed by atoms with E-state index < -0.39 is 15.4 Å². The molecule has 1 N–H and O–H groups in total. The fourth-order valence-corrected chi connectivity index (χ4v) is 4.56. The third-order valence-corrected chi connectivity index (χ3v) is 6.78. The van der Waals surface area contributed by atoms with E-state index in [-0.39, 0.29) is 35.7 Å². The van der Waals surface area contributed by atoms with Gasteiger partial charge in [0.2, 0.25) is 0 Å². The van der Waals surface area contributed by atoms with Crippen LogP contribution in [0, 0.1) is 0 Å². The second kappa shape index (κ2) is 21.1. The van der Waals surface area contributed by atoms with Gasteiger partial charge in [-0.25, -0.2) is 8.42 Å². The molecule has 0 aromatic rings. The summed E-state index contributed by atoms with van der Waals surface area (Å²) in [6, 6.07) is 0. The monoisotopic (exact) mass is 428 g/mol. The standard InChI is InChI=1S/C22H46O4S.Na/c1-3-5-7-9-10-11-12-13-15-19-22(27(24,25)26)20-16-18-21(23)17-14-8-6-4-2;/h21-23H,3-20H2,1-2H3,(H,24,25,26);/q;+1/p-1. The van der Waals surface area contributed by atoms with Crippen molar-refractivity contribution in [1.29, 1.82) is 0 Å². The van der Waals surface area contributed by atoms with Crippen molar-refractivity contribution in [2.24, 2.45) is 0 Å². The summed E-state index contributed by atoms with van der Waals surface area (Å²) in [5, 5.41) is 9.22. The summed E-state index contributed by atoms with van der Waals surface area (Å²) in [5.41, 5.74) is 0. The van der Waals surface area contributed by atoms with Gasteiger partial charge >= 0.3 is 29.6 Å². The maximum atomic E-state index is 11.5. The molecule has 0 aliphatic carbocycles. The number of hydrogen-bond acceptors (Lipinski definition) is 4. The minimum atomic E-state index is -4.23. The van der Waals surface area contributed by atoms with E-state index in [1.165, 1.54) is 51.4 Å². The van der Waals surface area contributed by atoms with Crippen LogP contribution in [0.2, 0.25) is 0 Å². The zero-order chi connectivity index (χ0) is 20.4. The number of rotatable bonds is 20. The van der Waals surface area contributed by atoms with E-state index in [1.54, 1.807) is 0 Å². The topological polar surface area (TPSA) is 77.4 Å². The molecule has 0 aromatic carbocycles. The van der Waals surface area contributed by atoms with E-state index >= 15 is 0 Å². The number of aliphatic hydroxyl groups is 1. The molecule has 0 bridgehead atoms. The summed E-state index contributed by atoms with van der Waals surface area (Å²) < 4.78 is 34.5. The van der Waals surface area contributed by atoms with Crippen LogP contribution in [-0.2, 0) is 10.1 Å². The van der Waals surface area contributed by atoms with Crippen LogP contribution in [0.25, 0.3) is 0 Å². The van der Waals surface area contributed by atoms with Crippen molar-refractivity contribution < 1.29 is 47.6 Å². The van der Waals surface area contributed by atoms with Crippen LogP contribution in [0.15, 0.2) is 0 Å². The summed E-state index contributed by atoms with van der Waals surface area (Å²) in [6.07, 6.45) is 17.7. The average molecular weight is 429 g/mol. The minimum Gasteiger partial charge on any atom is -0.748 e. The molecule has 4 nitrogen and oxygen atoms in total. The predicted molar refractivity (Wildman–Crippen MR) is 114 cm³/mol. The molecule has 2 atom stereocenters. The van der Waals surface area contributed by atoms with E-state index in [2.05, 4.69) is 13.8 Å². The van der Waals surface area contributed by atoms with Gasteiger partial charge in [-0.15, -0.1) is 0 Å². The maximum absolute atomic E-state index is 11.5. The normalized spacial score (nSPS) is 13.9. The zero-order valence-corrected chi connectivity index (χ0v) is 21.8. The molecule has 0 spiro atoms. The molecular formula is C22H45NaO4S. The smallest absolute Gasteiger partial charge is 0.748 e. The van der Waals surface area contributed by atoms with Gasteiger partial charge in [0.1, 0.15) is 0 Å². The Kier molecular flexibility index (Phi) is 23.4. The molecule has 0 aliphatic rings. The quantitative estimate of drug-likeness (QED) is 0.183. The van der Waals surface area contributed by atoms with Crippen LogP contribution in [-0.4, -0.2) is 29.4 Å². The summed E-state index contributed by atoms with van der Waals surface area (Å²) in [7, 11) is -4.23. The molecule has 0 aliphatic heterocycles. The van der Waals surface area contributed by atoms with E-state index in [0.29, 0.717) is 25.7 Å². The number of hydrogen-bond donors (Lipinski definition) is 1. The van der Waals surface area contributed by atoms with E-state index in [4.69, 9.17) is 0 Å². The fraction of sp³-hybridized carbons (Fsp3) is 1.00. The Morgan fingerprint density at radius 2 is 1.00 bits per heavy atom. The molecule has 0 saturated carbocycles. The molecule has 0 saturated heterocycles. The first kappa shape index (κ1) is 31.1. The largest absolute Gasteiger partial charge is 1.00 e. The first-order valence-corrected chi connectivity index (χ1v) is 13.0. The molecule has 0 amide bonds. The fourth-order valence-electron chi connectivity index (χ4n) is 3.65. The second-order valence-corrected chi connectivity index (χ2v) is 9.82. The van der Waals surface area contributed by atoms with Crippen molar-refractivity contribution in [1.82, 2.24) is 0 Å². The van der Waals surface area contributed by atoms with Crippen LogP contribution in [0.3, 0.4) is 0 Å². The Labute approximate surface area is 197 Å². The Morgan fingerprint density at radius 1 is 0.643 bits per heavy atom. The van der Waals surface area contributed by atoms with Gasteiger partial charge in [0, 0.05) is 5.25 Å². The molecule has 0 fully saturated rings. The van der Waals surface area contributed by atoms with E-state index in [0.717, 1.165) is 38.5 Å². The third-order valence-electron chi connectivity index (χ3n) is 5.49. The summed E-state index contributed by atoms with van der Waals surface area (Å²) in [6.45, 7) is 4.38. The van der Waals surface area contributed by atoms with E-state index in [9.17, 15) is 18.1 Å². The molecule has 0 radical (unpaired) electrons. The zero-order valence-electron chi connectivity index (χ0n) is 19.0. The Balaban J connectivity index is 0. The van der Waals surface area contributed by atoms with Crippen molar-refractivity contribution in [2.75, 3.05) is 0 Å². The molecular weight excluding hydrogens is 383 g/mol. The molecule has 0 heterocycles. The number of aliphatic hydroxyl groups excluding tert-OH is 1. The van der Waals surface area contributed by atoms with Crippen LogP contribution in [0.5, 0.6) is 0 Å². The molecule has 0 rings (SSSR count). The van der Waals surface area contributed by atoms with E-state index in [1.807, 2.05) is 0 Å². The van der Waals surface area contributed by atoms with Crippen molar-refractivity contribution in [3.63, 3.8) is 0 Å².